The summed E-state index contributed by atoms with van der Waals surface area (Å²) in [5.41, 5.74) is 0. The van der Waals surface area contributed by atoms with Gasteiger partial charge in [-0.3, -0.25) is 0 Å². The molecule has 0 unspecified atom stereocenters. The van der Waals surface area contributed by atoms with Crippen molar-refractivity contribution in [2.45, 2.75) is 0 Å². The molecule has 0 atom stereocenters. The first-order chi connectivity index (χ1) is 2.00. The van der Waals surface area contributed by atoms with Crippen LogP contribution in [0.15, 0.2) is 0 Å². The van der Waals surface area contributed by atoms with E-state index in [0.29, 0.717) is 0 Å². The van der Waals surface area contributed by atoms with Crippen LogP contribution in [0.3, 0.4) is 0 Å². The van der Waals surface area contributed by atoms with E-state index in [-0.39, 0.29) is 0 Å². The summed E-state index contributed by atoms with van der Waals surface area (Å²) in [7, 11) is 0. The van der Waals surface area contributed by atoms with E-state index in [1.54, 1.807) is 0 Å². The Balaban J connectivity index is 3.02. The first-order valence-electron chi connectivity index (χ1n) is 0.873. The van der Waals surface area contributed by atoms with Crippen LogP contribution in [0.25, 0.3) is 0 Å². The summed E-state index contributed by atoms with van der Waals surface area (Å²) < 4.78 is 39.7. The predicted molar refractivity (Wildman–Crippen MR) is 4.43 cm³/mol. The van der Waals surface area contributed by atoms with Gasteiger partial charge in [0.05, 0.1) is 0 Å². The molecule has 0 spiro atoms. The van der Waals surface area contributed by atoms with Crippen LogP contribution >= 0.6 is 0 Å². The summed E-state index contributed by atoms with van der Waals surface area (Å²) in [4.78, 5) is 0. The Morgan fingerprint density at radius 1 is 0.800 bits per heavy atom. The molecular weight excluding hydrogens is 215 g/mol. The van der Waals surface area contributed by atoms with E-state index in [4.69, 9.17) is 0 Å². The Kier molecular flexibility index (Phi) is 1.86. The zero-order chi connectivity index (χ0) is 4.50. The Hall–Kier alpha value is 0.915. The van der Waals surface area contributed by atoms with E-state index in [0.717, 1.165) is 0 Å². The van der Waals surface area contributed by atoms with Crippen molar-refractivity contribution in [3.8, 4) is 0 Å². The van der Waals surface area contributed by atoms with Crippen LogP contribution in [0.2, 0.25) is 0 Å². The molecule has 0 aromatic heterocycles. The number of hydrogen-bond donors (Lipinski definition) is 0. The molecule has 0 fully saturated rings. The molecule has 0 aromatic rings. The topological polar surface area (TPSA) is 0 Å². The summed E-state index contributed by atoms with van der Waals surface area (Å²) in [6.45, 7) is 0. The molecule has 0 saturated heterocycles. The maximum absolute atomic E-state index is 9.92. The second-order valence-corrected chi connectivity index (χ2v) is 3.60. The fraction of sp³-hybridized carbons (Fsp3) is 0. The summed E-state index contributed by atoms with van der Waals surface area (Å²) in [6, 6.07) is 0. The summed E-state index contributed by atoms with van der Waals surface area (Å²) in [5, 5.41) is 0. The molecule has 0 aliphatic rings. The summed E-state index contributed by atoms with van der Waals surface area (Å²) in [5.74, 6) is 0. The Labute approximate surface area is 37.5 Å². The van der Waals surface area contributed by atoms with Crippen molar-refractivity contribution in [1.82, 2.24) is 0 Å². The van der Waals surface area contributed by atoms with Gasteiger partial charge in [-0.15, -0.1) is 0 Å². The molecule has 0 rings (SSSR count). The van der Waals surface area contributed by atoms with Crippen molar-refractivity contribution >= 4 is 0 Å². The molecule has 5 heavy (non-hydrogen) atoms. The van der Waals surface area contributed by atoms with E-state index in [9.17, 15) is 6.42 Å². The number of hydrogen-bond acceptors (Lipinski definition) is 0. The van der Waals surface area contributed by atoms with Crippen molar-refractivity contribution in [3.63, 3.8) is 0 Å². The zero-order valence-corrected chi connectivity index (χ0v) is 5.72. The van der Waals surface area contributed by atoms with Gasteiger partial charge in [0.1, 0.15) is 0 Å². The van der Waals surface area contributed by atoms with Crippen LogP contribution in [-0.4, -0.2) is 0 Å². The van der Waals surface area contributed by atoms with Crippen LogP contribution in [-0.2, 0) is 0 Å². The van der Waals surface area contributed by atoms with Gasteiger partial charge in [-0.05, 0) is 0 Å². The van der Waals surface area contributed by atoms with Crippen LogP contribution in [0.5, 0.6) is 0 Å². The Morgan fingerprint density at radius 3 is 0.800 bits per heavy atom. The van der Waals surface area contributed by atoms with Crippen LogP contribution < -0.4 is 0 Å². The Morgan fingerprint density at radius 2 is 0.800 bits per heavy atom. The summed E-state index contributed by atoms with van der Waals surface area (Å²) >= 11 is -7.33. The standard InChI is InChI=1S/4FH.La/h4*1H;/q;;;;+4/p-4. The van der Waals surface area contributed by atoms with E-state index in [1.165, 1.54) is 0 Å². The van der Waals surface area contributed by atoms with Crippen molar-refractivity contribution in [3.05, 3.63) is 0 Å². The van der Waals surface area contributed by atoms with Gasteiger partial charge in [0.2, 0.25) is 0 Å². The predicted octanol–water partition coefficient (Wildman–Crippen LogP) is 1.68. The van der Waals surface area contributed by atoms with Gasteiger partial charge in [-0.1, -0.05) is 0 Å². The average Bonchev–Trinajstić information content (AvgIpc) is 0.722. The molecule has 0 amide bonds. The molecule has 0 saturated carbocycles. The van der Waals surface area contributed by atoms with Gasteiger partial charge in [-0.25, -0.2) is 0 Å². The fourth-order valence-electron chi connectivity index (χ4n) is 0. The first kappa shape index (κ1) is 5.91. The fourth-order valence-corrected chi connectivity index (χ4v) is 0. The average molecular weight is 215 g/mol. The Bertz CT molecular complexity index is 19.1. The SMILES string of the molecule is [F][La]([F])([F])[F]. The van der Waals surface area contributed by atoms with E-state index in [2.05, 4.69) is 0 Å². The van der Waals surface area contributed by atoms with Crippen molar-refractivity contribution < 1.29 is 37.5 Å². The van der Waals surface area contributed by atoms with Gasteiger partial charge >= 0.3 is 37.5 Å². The quantitative estimate of drug-likeness (QED) is 0.539. The second kappa shape index (κ2) is 1.58. The van der Waals surface area contributed by atoms with Crippen molar-refractivity contribution in [2.75, 3.05) is 0 Å². The molecule has 31 valence electrons. The molecule has 0 aromatic carbocycles. The van der Waals surface area contributed by atoms with Gasteiger partial charge in [0, 0.05) is 0 Å². The molecule has 0 radical (unpaired) electrons. The van der Waals surface area contributed by atoms with Crippen molar-refractivity contribution in [2.24, 2.45) is 0 Å². The normalized spacial score (nSPS) is 12.0. The third-order valence-electron chi connectivity index (χ3n) is 0. The van der Waals surface area contributed by atoms with E-state index < -0.39 is 31.1 Å². The minimum absolute atomic E-state index is 7.33. The zero-order valence-electron chi connectivity index (χ0n) is 2.09. The molecule has 5 heteroatoms. The first-order valence-corrected chi connectivity index (χ1v) is 6.35. The number of rotatable bonds is 0. The van der Waals surface area contributed by atoms with Crippen LogP contribution in [0.4, 0.5) is 6.42 Å². The molecule has 0 aliphatic carbocycles. The molecule has 0 N–H and O–H groups in total. The molecule has 0 aliphatic heterocycles. The van der Waals surface area contributed by atoms with Gasteiger partial charge in [0.15, 0.2) is 0 Å². The van der Waals surface area contributed by atoms with E-state index >= 15 is 0 Å². The second-order valence-electron chi connectivity index (χ2n) is 0.495. The van der Waals surface area contributed by atoms with Crippen LogP contribution in [0.1, 0.15) is 0 Å². The molecular formula is F4La. The van der Waals surface area contributed by atoms with Gasteiger partial charge in [-0.2, -0.15) is 0 Å². The minimum atomic E-state index is -7.33. The van der Waals surface area contributed by atoms with Gasteiger partial charge in [0.25, 0.3) is 0 Å². The van der Waals surface area contributed by atoms with Crippen molar-refractivity contribution in [1.29, 1.82) is 0 Å². The summed E-state index contributed by atoms with van der Waals surface area (Å²) in [6.07, 6.45) is 0. The molecule has 0 bridgehead atoms. The van der Waals surface area contributed by atoms with E-state index in [1.807, 2.05) is 0 Å². The monoisotopic (exact) mass is 215 g/mol. The maximum atomic E-state index is 9.92. The molecule has 0 heterocycles. The van der Waals surface area contributed by atoms with Crippen LogP contribution in [0, 0.1) is 31.1 Å². The molecule has 0 nitrogen and oxygen atoms in total. The third-order valence-corrected chi connectivity index (χ3v) is 0. The third kappa shape index (κ3) is 49.9. The van der Waals surface area contributed by atoms with Gasteiger partial charge < -0.3 is 0 Å². The number of halogens is 4.